The monoisotopic (exact) mass is 239 g/mol. The van der Waals surface area contributed by atoms with E-state index >= 15 is 0 Å². The number of hydrogen-bond acceptors (Lipinski definition) is 3. The van der Waals surface area contributed by atoms with Crippen molar-refractivity contribution in [3.8, 4) is 5.75 Å². The van der Waals surface area contributed by atoms with Crippen LogP contribution in [0.1, 0.15) is 29.9 Å². The van der Waals surface area contributed by atoms with Gasteiger partial charge in [-0.25, -0.2) is 0 Å². The zero-order valence-electron chi connectivity index (χ0n) is 10.2. The number of benzene rings is 1. The summed E-state index contributed by atoms with van der Waals surface area (Å²) in [5.74, 6) is 0.963. The molecule has 1 aromatic carbocycles. The summed E-state index contributed by atoms with van der Waals surface area (Å²) in [6.45, 7) is 0. The van der Waals surface area contributed by atoms with Gasteiger partial charge in [-0.1, -0.05) is 6.07 Å². The van der Waals surface area contributed by atoms with Crippen LogP contribution in [-0.2, 0) is 0 Å². The van der Waals surface area contributed by atoms with Gasteiger partial charge in [-0.15, -0.1) is 0 Å². The first-order valence-corrected chi connectivity index (χ1v) is 5.21. The Morgan fingerprint density at radius 2 is 2.18 bits per heavy atom. The van der Waals surface area contributed by atoms with Crippen LogP contribution in [0, 0.1) is 5.41 Å². The summed E-state index contributed by atoms with van der Waals surface area (Å²) in [7, 11) is 1.52. The molecule has 1 saturated carbocycles. The van der Waals surface area contributed by atoms with Crippen molar-refractivity contribution in [2.75, 3.05) is 12.8 Å². The fraction of sp³-hybridized carbons (Fsp3) is 0.333. The Morgan fingerprint density at radius 3 is 2.65 bits per heavy atom. The maximum atomic E-state index is 8.98. The van der Waals surface area contributed by atoms with Crippen molar-refractivity contribution in [3.05, 3.63) is 28.7 Å². The van der Waals surface area contributed by atoms with E-state index in [1.54, 1.807) is 6.07 Å². The minimum Gasteiger partial charge on any atom is -0.809 e. The van der Waals surface area contributed by atoms with E-state index in [2.05, 4.69) is 0 Å². The molecule has 3 N–H and O–H groups in total. The number of ether oxygens (including phenoxy) is 1. The smallest absolute Gasteiger partial charge is 0.809 e. The van der Waals surface area contributed by atoms with Gasteiger partial charge in [-0.3, -0.25) is 0 Å². The molecule has 0 unspecified atom stereocenters. The average Bonchev–Trinajstić information content (AvgIpc) is 3.11. The van der Waals surface area contributed by atoms with Crippen molar-refractivity contribution in [2.24, 2.45) is 0 Å². The molecule has 1 aliphatic carbocycles. The van der Waals surface area contributed by atoms with Gasteiger partial charge >= 0.3 is 29.6 Å². The normalized spacial score (nSPS) is 13.7. The number of nitrogens with one attached hydrogen (secondary N) is 1. The zero-order chi connectivity index (χ0) is 11.7. The molecule has 0 radical (unpaired) electrons. The summed E-state index contributed by atoms with van der Waals surface area (Å²) in [5.41, 5.74) is 8.00. The first-order valence-electron chi connectivity index (χ1n) is 5.21. The van der Waals surface area contributed by atoms with E-state index in [0.717, 1.165) is 24.6 Å². The van der Waals surface area contributed by atoms with Crippen LogP contribution in [0.5, 0.6) is 5.75 Å². The van der Waals surface area contributed by atoms with Gasteiger partial charge in [0.1, 0.15) is 0 Å². The fourth-order valence-corrected chi connectivity index (χ4v) is 1.91. The third-order valence-electron chi connectivity index (χ3n) is 2.84. The molecule has 2 rings (SSSR count). The molecular weight excluding hydrogens is 225 g/mol. The quantitative estimate of drug-likeness (QED) is 0.408. The number of methoxy groups -OCH3 is 1. The summed E-state index contributed by atoms with van der Waals surface area (Å²) in [6.07, 6.45) is 3.03. The molecule has 0 amide bonds. The Bertz CT molecular complexity index is 455. The zero-order valence-corrected chi connectivity index (χ0v) is 12.2. The number of rotatable bonds is 4. The first-order chi connectivity index (χ1) is 7.69. The number of nitrogens with zero attached hydrogens (tertiary/aromatic N) is 1. The van der Waals surface area contributed by atoms with Crippen molar-refractivity contribution < 1.29 is 34.3 Å². The van der Waals surface area contributed by atoms with Crippen molar-refractivity contribution >= 4 is 17.6 Å². The van der Waals surface area contributed by atoms with E-state index in [-0.39, 0.29) is 35.3 Å². The van der Waals surface area contributed by atoms with Crippen LogP contribution >= 0.6 is 0 Å². The Hall–Kier alpha value is -0.840. The molecule has 0 heterocycles. The molecule has 1 aromatic rings. The fourth-order valence-electron chi connectivity index (χ4n) is 1.91. The molecule has 0 aliphatic heterocycles. The largest absolute Gasteiger partial charge is 1.00 e. The van der Waals surface area contributed by atoms with E-state index in [1.165, 1.54) is 7.11 Å². The number of nitrogen functional groups attached to an aromatic ring is 1. The predicted molar refractivity (Wildman–Crippen MR) is 65.6 cm³/mol. The van der Waals surface area contributed by atoms with E-state index in [1.807, 2.05) is 6.07 Å². The van der Waals surface area contributed by atoms with Crippen LogP contribution < -0.4 is 40.0 Å². The van der Waals surface area contributed by atoms with Gasteiger partial charge in [0.25, 0.3) is 0 Å². The van der Waals surface area contributed by atoms with Crippen LogP contribution in [0.3, 0.4) is 0 Å². The third-order valence-corrected chi connectivity index (χ3v) is 2.84. The van der Waals surface area contributed by atoms with E-state index in [4.69, 9.17) is 21.3 Å². The first kappa shape index (κ1) is 14.2. The van der Waals surface area contributed by atoms with Gasteiger partial charge in [-0.2, -0.15) is 6.21 Å². The van der Waals surface area contributed by atoms with Crippen LogP contribution in [0.2, 0.25) is 0 Å². The van der Waals surface area contributed by atoms with Crippen LogP contribution in [0.4, 0.5) is 5.69 Å². The molecule has 0 spiro atoms. The third kappa shape index (κ3) is 2.70. The standard InChI is InChI=1S/C12H14N3O.Na/c1-16-12-9(14)5-4-8(7-2-3-7)11(12)10(15)6-13;/h4-7,15H,2-3,14H2,1H3;/q-1;+1. The second-order valence-electron chi connectivity index (χ2n) is 3.97. The maximum absolute atomic E-state index is 8.98. The van der Waals surface area contributed by atoms with Crippen molar-refractivity contribution in [1.82, 2.24) is 0 Å². The molecule has 0 bridgehead atoms. The van der Waals surface area contributed by atoms with Crippen LogP contribution in [0.25, 0.3) is 5.41 Å². The summed E-state index contributed by atoms with van der Waals surface area (Å²) in [6, 6.07) is 3.71. The molecule has 1 fully saturated rings. The molecule has 84 valence electrons. The number of nitrogens with two attached hydrogens (primary N) is 1. The van der Waals surface area contributed by atoms with Gasteiger partial charge in [0, 0.05) is 11.3 Å². The summed E-state index contributed by atoms with van der Waals surface area (Å²) in [4.78, 5) is 0. The Morgan fingerprint density at radius 1 is 1.53 bits per heavy atom. The summed E-state index contributed by atoms with van der Waals surface area (Å²) >= 11 is 0. The van der Waals surface area contributed by atoms with Gasteiger partial charge in [0.2, 0.25) is 0 Å². The molecule has 5 heteroatoms. The van der Waals surface area contributed by atoms with Crippen LogP contribution in [-0.4, -0.2) is 19.0 Å². The SMILES string of the molecule is COc1c(N)ccc(C2CC2)c1C(=N)C=[N-].[Na+]. The Labute approximate surface area is 123 Å². The van der Waals surface area contributed by atoms with Gasteiger partial charge in [0.05, 0.1) is 12.8 Å². The molecule has 0 atom stereocenters. The number of hydrogen-bond donors (Lipinski definition) is 2. The van der Waals surface area contributed by atoms with Gasteiger partial charge in [-0.05, 0) is 30.4 Å². The van der Waals surface area contributed by atoms with E-state index in [0.29, 0.717) is 22.9 Å². The van der Waals surface area contributed by atoms with Crippen molar-refractivity contribution in [1.29, 1.82) is 5.41 Å². The van der Waals surface area contributed by atoms with Crippen LogP contribution in [0.15, 0.2) is 12.1 Å². The Kier molecular flexibility index (Phi) is 4.74. The van der Waals surface area contributed by atoms with Crippen molar-refractivity contribution in [3.63, 3.8) is 0 Å². The Balaban J connectivity index is 0.00000144. The summed E-state index contributed by atoms with van der Waals surface area (Å²) < 4.78 is 5.22. The predicted octanol–water partition coefficient (Wildman–Crippen LogP) is -0.833. The average molecular weight is 239 g/mol. The van der Waals surface area contributed by atoms with Gasteiger partial charge in [0.15, 0.2) is 5.75 Å². The van der Waals surface area contributed by atoms with Gasteiger partial charge < -0.3 is 21.3 Å². The maximum Gasteiger partial charge on any atom is 1.00 e. The molecule has 1 aliphatic rings. The second kappa shape index (κ2) is 5.67. The van der Waals surface area contributed by atoms with E-state index < -0.39 is 0 Å². The summed E-state index contributed by atoms with van der Waals surface area (Å²) in [5, 5.41) is 16.7. The molecule has 17 heavy (non-hydrogen) atoms. The number of anilines is 1. The second-order valence-corrected chi connectivity index (χ2v) is 3.97. The minimum absolute atomic E-state index is 0. The topological polar surface area (TPSA) is 81.4 Å². The van der Waals surface area contributed by atoms with E-state index in [9.17, 15) is 0 Å². The van der Waals surface area contributed by atoms with Crippen molar-refractivity contribution in [2.45, 2.75) is 18.8 Å². The molecule has 0 saturated heterocycles. The molecular formula is C12H14N3NaO. The minimum atomic E-state index is 0. The molecule has 4 nitrogen and oxygen atoms in total. The molecule has 0 aromatic heterocycles.